The van der Waals surface area contributed by atoms with Crippen LogP contribution in [0.3, 0.4) is 0 Å². The molecule has 0 spiro atoms. The molecule has 0 bridgehead atoms. The molecule has 0 aromatic heterocycles. The molecule has 0 amide bonds. The highest BCUT2D eigenvalue weighted by atomic mass is 15.2. The van der Waals surface area contributed by atoms with Gasteiger partial charge in [0, 0.05) is 32.2 Å². The molecule has 1 unspecified atom stereocenters. The van der Waals surface area contributed by atoms with Crippen LogP contribution in [0, 0.1) is 5.92 Å². The summed E-state index contributed by atoms with van der Waals surface area (Å²) in [5.74, 6) is 0.799. The van der Waals surface area contributed by atoms with Crippen LogP contribution in [-0.2, 0) is 0 Å². The highest BCUT2D eigenvalue weighted by Gasteiger charge is 2.19. The van der Waals surface area contributed by atoms with Crippen molar-refractivity contribution in [2.24, 2.45) is 11.7 Å². The molecule has 1 rings (SSSR count). The molecule has 3 heteroatoms. The summed E-state index contributed by atoms with van der Waals surface area (Å²) >= 11 is 0. The largest absolute Gasteiger partial charge is 0.329 e. The minimum absolute atomic E-state index is 0.562. The van der Waals surface area contributed by atoms with Crippen molar-refractivity contribution in [1.82, 2.24) is 10.2 Å². The topological polar surface area (TPSA) is 41.3 Å². The van der Waals surface area contributed by atoms with Gasteiger partial charge in [0.2, 0.25) is 0 Å². The fraction of sp³-hybridized carbons (Fsp3) is 1.00. The number of nitrogens with zero attached hydrogens (tertiary/aromatic N) is 1. The van der Waals surface area contributed by atoms with Gasteiger partial charge in [-0.05, 0) is 18.9 Å². The molecule has 1 saturated heterocycles. The summed E-state index contributed by atoms with van der Waals surface area (Å²) in [7, 11) is 0. The lowest BCUT2D eigenvalue weighted by Gasteiger charge is -2.35. The third-order valence-electron chi connectivity index (χ3n) is 2.74. The van der Waals surface area contributed by atoms with Gasteiger partial charge in [0.1, 0.15) is 0 Å². The van der Waals surface area contributed by atoms with Gasteiger partial charge in [-0.2, -0.15) is 0 Å². The van der Waals surface area contributed by atoms with Crippen molar-refractivity contribution < 1.29 is 0 Å². The Morgan fingerprint density at radius 3 is 2.92 bits per heavy atom. The molecule has 0 aromatic carbocycles. The second-order valence-corrected chi connectivity index (χ2v) is 4.31. The van der Waals surface area contributed by atoms with Crippen LogP contribution in [0.5, 0.6) is 0 Å². The Morgan fingerprint density at radius 2 is 2.31 bits per heavy atom. The molecular formula is C10H23N3. The molecule has 0 radical (unpaired) electrons. The van der Waals surface area contributed by atoms with E-state index in [1.54, 1.807) is 0 Å². The first kappa shape index (κ1) is 11.0. The van der Waals surface area contributed by atoms with E-state index in [-0.39, 0.29) is 0 Å². The van der Waals surface area contributed by atoms with Crippen molar-refractivity contribution in [2.75, 3.05) is 32.7 Å². The minimum atomic E-state index is 0.562. The van der Waals surface area contributed by atoms with Crippen molar-refractivity contribution in [3.63, 3.8) is 0 Å². The van der Waals surface area contributed by atoms with Gasteiger partial charge in [0.15, 0.2) is 0 Å². The van der Waals surface area contributed by atoms with E-state index in [0.29, 0.717) is 6.04 Å². The predicted octanol–water partition coefficient (Wildman–Crippen LogP) is 0.265. The Bertz CT molecular complexity index is 136. The molecule has 0 aromatic rings. The molecule has 1 aliphatic heterocycles. The number of rotatable bonds is 4. The summed E-state index contributed by atoms with van der Waals surface area (Å²) in [5.41, 5.74) is 5.72. The first-order valence-corrected chi connectivity index (χ1v) is 5.39. The van der Waals surface area contributed by atoms with Gasteiger partial charge >= 0.3 is 0 Å². The van der Waals surface area contributed by atoms with Gasteiger partial charge in [-0.25, -0.2) is 0 Å². The number of piperazine rings is 1. The van der Waals surface area contributed by atoms with Crippen LogP contribution in [0.25, 0.3) is 0 Å². The van der Waals surface area contributed by atoms with Crippen molar-refractivity contribution >= 4 is 0 Å². The summed E-state index contributed by atoms with van der Waals surface area (Å²) in [5, 5.41) is 3.38. The Hall–Kier alpha value is -0.120. The van der Waals surface area contributed by atoms with E-state index in [2.05, 4.69) is 24.1 Å². The number of nitrogens with one attached hydrogen (secondary N) is 1. The molecule has 3 nitrogen and oxygen atoms in total. The average Bonchev–Trinajstić information content (AvgIpc) is 2.15. The van der Waals surface area contributed by atoms with E-state index >= 15 is 0 Å². The van der Waals surface area contributed by atoms with Crippen molar-refractivity contribution in [3.05, 3.63) is 0 Å². The van der Waals surface area contributed by atoms with Crippen LogP contribution in [-0.4, -0.2) is 43.7 Å². The first-order valence-electron chi connectivity index (χ1n) is 5.39. The zero-order chi connectivity index (χ0) is 9.68. The monoisotopic (exact) mass is 185 g/mol. The van der Waals surface area contributed by atoms with Gasteiger partial charge in [-0.3, -0.25) is 4.90 Å². The fourth-order valence-electron chi connectivity index (χ4n) is 1.75. The molecule has 3 N–H and O–H groups in total. The van der Waals surface area contributed by atoms with Crippen LogP contribution in [0.1, 0.15) is 20.3 Å². The minimum Gasteiger partial charge on any atom is -0.329 e. The summed E-state index contributed by atoms with van der Waals surface area (Å²) in [6.07, 6.45) is 1.29. The molecule has 1 atom stereocenters. The highest BCUT2D eigenvalue weighted by molar-refractivity contribution is 4.80. The number of hydrogen-bond acceptors (Lipinski definition) is 3. The molecule has 1 fully saturated rings. The normalized spacial score (nSPS) is 25.4. The summed E-state index contributed by atoms with van der Waals surface area (Å²) in [6, 6.07) is 0.562. The van der Waals surface area contributed by atoms with E-state index < -0.39 is 0 Å². The van der Waals surface area contributed by atoms with E-state index in [9.17, 15) is 0 Å². The summed E-state index contributed by atoms with van der Waals surface area (Å²) < 4.78 is 0. The molecule has 0 saturated carbocycles. The lowest BCUT2D eigenvalue weighted by atomic mass is 10.1. The Balaban J connectivity index is 2.27. The van der Waals surface area contributed by atoms with Gasteiger partial charge in [-0.15, -0.1) is 0 Å². The Labute approximate surface area is 81.7 Å². The lowest BCUT2D eigenvalue weighted by molar-refractivity contribution is 0.158. The van der Waals surface area contributed by atoms with Crippen molar-refractivity contribution in [2.45, 2.75) is 26.3 Å². The maximum absolute atomic E-state index is 5.72. The molecule has 0 aliphatic carbocycles. The smallest absolute Gasteiger partial charge is 0.0343 e. The Morgan fingerprint density at radius 1 is 1.54 bits per heavy atom. The van der Waals surface area contributed by atoms with Crippen LogP contribution in [0.15, 0.2) is 0 Å². The standard InChI is InChI=1S/C10H23N3/c1-9(2)3-5-13-6-4-12-8-10(13)7-11/h9-10,12H,3-8,11H2,1-2H3. The fourth-order valence-corrected chi connectivity index (χ4v) is 1.75. The van der Waals surface area contributed by atoms with Gasteiger partial charge < -0.3 is 11.1 Å². The maximum atomic E-state index is 5.72. The SMILES string of the molecule is CC(C)CCN1CCNCC1CN. The summed E-state index contributed by atoms with van der Waals surface area (Å²) in [4.78, 5) is 2.52. The van der Waals surface area contributed by atoms with Crippen LogP contribution >= 0.6 is 0 Å². The van der Waals surface area contributed by atoms with E-state index in [4.69, 9.17) is 5.73 Å². The average molecular weight is 185 g/mol. The summed E-state index contributed by atoms with van der Waals surface area (Å²) in [6.45, 7) is 9.89. The number of nitrogens with two attached hydrogens (primary N) is 1. The second-order valence-electron chi connectivity index (χ2n) is 4.31. The maximum Gasteiger partial charge on any atom is 0.0343 e. The van der Waals surface area contributed by atoms with E-state index in [1.807, 2.05) is 0 Å². The van der Waals surface area contributed by atoms with Crippen molar-refractivity contribution in [3.8, 4) is 0 Å². The van der Waals surface area contributed by atoms with Crippen molar-refractivity contribution in [1.29, 1.82) is 0 Å². The lowest BCUT2D eigenvalue weighted by Crippen LogP contribution is -2.54. The zero-order valence-corrected chi connectivity index (χ0v) is 8.92. The highest BCUT2D eigenvalue weighted by Crippen LogP contribution is 2.06. The molecule has 13 heavy (non-hydrogen) atoms. The third-order valence-corrected chi connectivity index (χ3v) is 2.74. The quantitative estimate of drug-likeness (QED) is 0.660. The van der Waals surface area contributed by atoms with E-state index in [1.165, 1.54) is 13.0 Å². The van der Waals surface area contributed by atoms with E-state index in [0.717, 1.165) is 32.1 Å². The van der Waals surface area contributed by atoms with Crippen LogP contribution < -0.4 is 11.1 Å². The van der Waals surface area contributed by atoms with Gasteiger partial charge in [0.25, 0.3) is 0 Å². The van der Waals surface area contributed by atoms with Crippen LogP contribution in [0.2, 0.25) is 0 Å². The zero-order valence-electron chi connectivity index (χ0n) is 8.92. The van der Waals surface area contributed by atoms with Crippen LogP contribution in [0.4, 0.5) is 0 Å². The molecule has 1 aliphatic rings. The third kappa shape index (κ3) is 3.63. The first-order chi connectivity index (χ1) is 6.24. The molecule has 78 valence electrons. The molecular weight excluding hydrogens is 162 g/mol. The second kappa shape index (κ2) is 5.58. The molecule has 1 heterocycles. The number of hydrogen-bond donors (Lipinski definition) is 2. The van der Waals surface area contributed by atoms with Gasteiger partial charge in [0.05, 0.1) is 0 Å². The Kier molecular flexibility index (Phi) is 4.70. The predicted molar refractivity (Wildman–Crippen MR) is 56.7 cm³/mol. The van der Waals surface area contributed by atoms with Gasteiger partial charge in [-0.1, -0.05) is 13.8 Å².